The van der Waals surface area contributed by atoms with Gasteiger partial charge in [0.15, 0.2) is 0 Å². The first-order chi connectivity index (χ1) is 8.64. The van der Waals surface area contributed by atoms with Gasteiger partial charge >= 0.3 is 0 Å². The summed E-state index contributed by atoms with van der Waals surface area (Å²) in [7, 11) is 3.62. The highest BCUT2D eigenvalue weighted by molar-refractivity contribution is 6.31. The first-order valence-electron chi connectivity index (χ1n) is 6.33. The second kappa shape index (κ2) is 5.57. The van der Waals surface area contributed by atoms with Crippen LogP contribution in [0.15, 0.2) is 6.20 Å². The second-order valence-electron chi connectivity index (χ2n) is 4.93. The molecule has 0 aromatic carbocycles. The van der Waals surface area contributed by atoms with Crippen molar-refractivity contribution in [3.8, 4) is 0 Å². The lowest BCUT2D eigenvalue weighted by atomic mass is 9.78. The fourth-order valence-electron chi connectivity index (χ4n) is 2.99. The van der Waals surface area contributed by atoms with E-state index in [4.69, 9.17) is 22.2 Å². The lowest BCUT2D eigenvalue weighted by Crippen LogP contribution is -2.50. The van der Waals surface area contributed by atoms with Gasteiger partial charge in [0.2, 0.25) is 0 Å². The largest absolute Gasteiger partial charge is 0.376 e. The minimum absolute atomic E-state index is 0.136. The van der Waals surface area contributed by atoms with Gasteiger partial charge in [-0.3, -0.25) is 10.5 Å². The molecule has 1 aliphatic carbocycles. The highest BCUT2D eigenvalue weighted by Gasteiger charge is 2.42. The van der Waals surface area contributed by atoms with Crippen LogP contribution in [-0.4, -0.2) is 22.5 Å². The molecule has 1 aromatic rings. The number of methoxy groups -OCH3 is 1. The highest BCUT2D eigenvalue weighted by atomic mass is 35.5. The molecule has 0 radical (unpaired) electrons. The van der Waals surface area contributed by atoms with Gasteiger partial charge in [-0.05, 0) is 12.8 Å². The second-order valence-corrected chi connectivity index (χ2v) is 5.34. The van der Waals surface area contributed by atoms with Gasteiger partial charge in [-0.2, -0.15) is 5.10 Å². The summed E-state index contributed by atoms with van der Waals surface area (Å²) in [5, 5.41) is 4.81. The van der Waals surface area contributed by atoms with E-state index in [0.717, 1.165) is 31.4 Å². The smallest absolute Gasteiger partial charge is 0.0933 e. The third kappa shape index (κ3) is 2.28. The zero-order valence-corrected chi connectivity index (χ0v) is 11.7. The molecular weight excluding hydrogens is 252 g/mol. The molecule has 0 amide bonds. The quantitative estimate of drug-likeness (QED) is 0.649. The molecule has 1 atom stereocenters. The third-order valence-corrected chi connectivity index (χ3v) is 4.30. The molecule has 102 valence electrons. The topological polar surface area (TPSA) is 65.1 Å². The summed E-state index contributed by atoms with van der Waals surface area (Å²) in [6, 6.07) is -0.136. The van der Waals surface area contributed by atoms with E-state index >= 15 is 0 Å². The summed E-state index contributed by atoms with van der Waals surface area (Å²) in [6.45, 7) is 0. The van der Waals surface area contributed by atoms with E-state index in [2.05, 4.69) is 10.5 Å². The van der Waals surface area contributed by atoms with Crippen LogP contribution in [0.25, 0.3) is 0 Å². The van der Waals surface area contributed by atoms with Crippen molar-refractivity contribution in [1.29, 1.82) is 0 Å². The summed E-state index contributed by atoms with van der Waals surface area (Å²) >= 11 is 6.22. The molecule has 0 saturated heterocycles. The number of halogens is 1. The monoisotopic (exact) mass is 272 g/mol. The summed E-state index contributed by atoms with van der Waals surface area (Å²) < 4.78 is 7.59. The van der Waals surface area contributed by atoms with E-state index in [1.54, 1.807) is 18.0 Å². The maximum Gasteiger partial charge on any atom is 0.0933 e. The first-order valence-corrected chi connectivity index (χ1v) is 6.71. The molecule has 18 heavy (non-hydrogen) atoms. The molecule has 1 heterocycles. The Hall–Kier alpha value is -0.620. The average molecular weight is 273 g/mol. The Bertz CT molecular complexity index is 381. The van der Waals surface area contributed by atoms with Crippen LogP contribution in [0, 0.1) is 0 Å². The van der Waals surface area contributed by atoms with Crippen LogP contribution >= 0.6 is 11.6 Å². The van der Waals surface area contributed by atoms with E-state index in [1.165, 1.54) is 6.42 Å². The Kier molecular flexibility index (Phi) is 4.27. The zero-order chi connectivity index (χ0) is 13.2. The number of rotatable bonds is 4. The number of aryl methyl sites for hydroxylation is 1. The number of hydrazine groups is 1. The number of hydrogen-bond acceptors (Lipinski definition) is 4. The van der Waals surface area contributed by atoms with Crippen LogP contribution in [0.5, 0.6) is 0 Å². The van der Waals surface area contributed by atoms with Crippen molar-refractivity contribution in [1.82, 2.24) is 15.2 Å². The number of nitrogens with two attached hydrogens (primary N) is 1. The molecule has 1 unspecified atom stereocenters. The van der Waals surface area contributed by atoms with Crippen molar-refractivity contribution >= 4 is 11.6 Å². The van der Waals surface area contributed by atoms with Gasteiger partial charge in [0.05, 0.1) is 28.6 Å². The van der Waals surface area contributed by atoms with E-state index in [-0.39, 0.29) is 11.6 Å². The van der Waals surface area contributed by atoms with E-state index in [1.807, 2.05) is 7.05 Å². The number of hydrogen-bond donors (Lipinski definition) is 2. The number of nitrogens with zero attached hydrogens (tertiary/aromatic N) is 2. The Morgan fingerprint density at radius 1 is 1.50 bits per heavy atom. The summed E-state index contributed by atoms with van der Waals surface area (Å²) in [6.07, 6.45) is 7.18. The number of ether oxygens (including phenoxy) is 1. The summed E-state index contributed by atoms with van der Waals surface area (Å²) in [5.41, 5.74) is 3.48. The van der Waals surface area contributed by atoms with E-state index < -0.39 is 0 Å². The molecule has 1 saturated carbocycles. The SMILES string of the molecule is COC1(C(NN)c2c(Cl)cnn2C)CCCCC1. The van der Waals surface area contributed by atoms with Crippen molar-refractivity contribution in [2.75, 3.05) is 7.11 Å². The maximum atomic E-state index is 6.22. The van der Waals surface area contributed by atoms with Gasteiger partial charge in [-0.15, -0.1) is 0 Å². The van der Waals surface area contributed by atoms with Gasteiger partial charge in [-0.25, -0.2) is 5.43 Å². The summed E-state index contributed by atoms with van der Waals surface area (Å²) in [5.74, 6) is 5.76. The van der Waals surface area contributed by atoms with Crippen LogP contribution in [0.3, 0.4) is 0 Å². The summed E-state index contributed by atoms with van der Waals surface area (Å²) in [4.78, 5) is 0. The number of aromatic nitrogens is 2. The molecule has 2 rings (SSSR count). The Morgan fingerprint density at radius 2 is 2.17 bits per heavy atom. The fraction of sp³-hybridized carbons (Fsp3) is 0.750. The maximum absolute atomic E-state index is 6.22. The molecule has 1 aromatic heterocycles. The average Bonchev–Trinajstić information content (AvgIpc) is 2.73. The fourth-order valence-corrected chi connectivity index (χ4v) is 3.26. The van der Waals surface area contributed by atoms with Gasteiger partial charge in [-0.1, -0.05) is 30.9 Å². The molecule has 5 nitrogen and oxygen atoms in total. The molecule has 6 heteroatoms. The number of nitrogens with one attached hydrogen (secondary N) is 1. The first kappa shape index (κ1) is 13.8. The molecule has 0 bridgehead atoms. The van der Waals surface area contributed by atoms with Crippen LogP contribution in [0.2, 0.25) is 5.02 Å². The van der Waals surface area contributed by atoms with Crippen molar-refractivity contribution in [2.24, 2.45) is 12.9 Å². The standard InChI is InChI=1S/C12H21ClN4O/c1-17-10(9(13)8-15-17)11(16-14)12(18-2)6-4-3-5-7-12/h8,11,16H,3-7,14H2,1-2H3. The predicted octanol–water partition coefficient (Wildman–Crippen LogP) is 1.93. The predicted molar refractivity (Wildman–Crippen MR) is 71.1 cm³/mol. The van der Waals surface area contributed by atoms with Crippen molar-refractivity contribution in [3.63, 3.8) is 0 Å². The van der Waals surface area contributed by atoms with Gasteiger partial charge in [0, 0.05) is 14.2 Å². The molecule has 3 N–H and O–H groups in total. The Morgan fingerprint density at radius 3 is 2.61 bits per heavy atom. The highest BCUT2D eigenvalue weighted by Crippen LogP contribution is 2.42. The van der Waals surface area contributed by atoms with Crippen LogP contribution < -0.4 is 11.3 Å². The lowest BCUT2D eigenvalue weighted by molar-refractivity contribution is -0.0705. The third-order valence-electron chi connectivity index (χ3n) is 4.01. The van der Waals surface area contributed by atoms with Crippen LogP contribution in [-0.2, 0) is 11.8 Å². The molecule has 0 aliphatic heterocycles. The lowest BCUT2D eigenvalue weighted by Gasteiger charge is -2.42. The van der Waals surface area contributed by atoms with Gasteiger partial charge in [0.1, 0.15) is 0 Å². The van der Waals surface area contributed by atoms with Crippen molar-refractivity contribution in [3.05, 3.63) is 16.9 Å². The zero-order valence-electron chi connectivity index (χ0n) is 10.9. The van der Waals surface area contributed by atoms with Crippen LogP contribution in [0.4, 0.5) is 0 Å². The van der Waals surface area contributed by atoms with E-state index in [9.17, 15) is 0 Å². The minimum Gasteiger partial charge on any atom is -0.376 e. The van der Waals surface area contributed by atoms with Gasteiger partial charge in [0.25, 0.3) is 0 Å². The van der Waals surface area contributed by atoms with Crippen molar-refractivity contribution < 1.29 is 4.74 Å². The Balaban J connectivity index is 2.37. The normalized spacial score (nSPS) is 20.9. The molecule has 0 spiro atoms. The molecular formula is C12H21ClN4O. The molecule has 1 fully saturated rings. The Labute approximate surface area is 113 Å². The van der Waals surface area contributed by atoms with Crippen LogP contribution in [0.1, 0.15) is 43.8 Å². The van der Waals surface area contributed by atoms with Crippen molar-refractivity contribution in [2.45, 2.75) is 43.7 Å². The minimum atomic E-state index is -0.287. The van der Waals surface area contributed by atoms with Gasteiger partial charge < -0.3 is 4.74 Å². The van der Waals surface area contributed by atoms with E-state index in [0.29, 0.717) is 5.02 Å². The molecule has 1 aliphatic rings.